The van der Waals surface area contributed by atoms with E-state index >= 15 is 0 Å². The summed E-state index contributed by atoms with van der Waals surface area (Å²) in [5, 5.41) is 8.49. The molecule has 28 heavy (non-hydrogen) atoms. The Morgan fingerprint density at radius 2 is 1.57 bits per heavy atom. The number of carbonyl (C=O) groups is 1. The van der Waals surface area contributed by atoms with Crippen molar-refractivity contribution in [3.63, 3.8) is 0 Å². The highest BCUT2D eigenvalue weighted by Crippen LogP contribution is 2.33. The molecule has 3 heteroatoms. The minimum Gasteiger partial charge on any atom is -0.450 e. The van der Waals surface area contributed by atoms with Gasteiger partial charge in [0.05, 0.1) is 6.61 Å². The molecule has 152 valence electrons. The Hall–Kier alpha value is -2.29. The van der Waals surface area contributed by atoms with E-state index in [2.05, 4.69) is 66.3 Å². The molecule has 0 aromatic heterocycles. The molecule has 0 bridgehead atoms. The molecule has 2 aromatic carbocycles. The molecule has 0 aliphatic rings. The standard InChI is InChI=1S/C25H34O3/c1-2-3-14-21-17-11-12-19-24(21)23(22-15-8-7-9-16-22)18-10-5-4-6-13-20-28-25(26)27/h7-9,11-12,15-17,19,23H,2-6,10,13-14,18,20H2,1H3,(H,26,27). The quantitative estimate of drug-likeness (QED) is 0.294. The van der Waals surface area contributed by atoms with Gasteiger partial charge in [0.2, 0.25) is 0 Å². The Bertz CT molecular complexity index is 681. The van der Waals surface area contributed by atoms with Gasteiger partial charge in [0.1, 0.15) is 0 Å². The van der Waals surface area contributed by atoms with Crippen LogP contribution in [0.4, 0.5) is 4.79 Å². The van der Waals surface area contributed by atoms with Gasteiger partial charge < -0.3 is 9.84 Å². The van der Waals surface area contributed by atoms with E-state index in [1.807, 2.05) is 0 Å². The van der Waals surface area contributed by atoms with Gasteiger partial charge in [-0.3, -0.25) is 0 Å². The molecular weight excluding hydrogens is 348 g/mol. The first-order valence-corrected chi connectivity index (χ1v) is 10.7. The van der Waals surface area contributed by atoms with Crippen LogP contribution in [0.1, 0.15) is 80.9 Å². The summed E-state index contributed by atoms with van der Waals surface area (Å²) < 4.78 is 4.56. The smallest absolute Gasteiger partial charge is 0.450 e. The highest BCUT2D eigenvalue weighted by molar-refractivity contribution is 5.56. The SMILES string of the molecule is CCCCc1ccccc1C(CCCCCCCOC(=O)O)c1ccccc1. The van der Waals surface area contributed by atoms with Gasteiger partial charge in [-0.15, -0.1) is 0 Å². The minimum absolute atomic E-state index is 0.312. The molecule has 3 nitrogen and oxygen atoms in total. The molecule has 1 N–H and O–H groups in total. The molecule has 2 rings (SSSR count). The Morgan fingerprint density at radius 1 is 0.893 bits per heavy atom. The van der Waals surface area contributed by atoms with E-state index in [-0.39, 0.29) is 0 Å². The van der Waals surface area contributed by atoms with Crippen LogP contribution in [-0.2, 0) is 11.2 Å². The van der Waals surface area contributed by atoms with Crippen LogP contribution in [0.25, 0.3) is 0 Å². The monoisotopic (exact) mass is 382 g/mol. The lowest BCUT2D eigenvalue weighted by atomic mass is 9.83. The molecule has 0 saturated carbocycles. The van der Waals surface area contributed by atoms with Gasteiger partial charge in [-0.25, -0.2) is 4.79 Å². The van der Waals surface area contributed by atoms with Gasteiger partial charge in [-0.2, -0.15) is 0 Å². The Labute approximate surface area is 169 Å². The van der Waals surface area contributed by atoms with Gasteiger partial charge in [-0.1, -0.05) is 93.6 Å². The number of rotatable bonds is 13. The van der Waals surface area contributed by atoms with Crippen LogP contribution in [0.5, 0.6) is 0 Å². The first kappa shape index (κ1) is 22.0. The van der Waals surface area contributed by atoms with Gasteiger partial charge in [0.15, 0.2) is 0 Å². The average Bonchev–Trinajstić information content (AvgIpc) is 2.72. The fourth-order valence-corrected chi connectivity index (χ4v) is 3.80. The number of carboxylic acid groups (broad SMARTS) is 1. The number of hydrogen-bond donors (Lipinski definition) is 1. The van der Waals surface area contributed by atoms with Crippen molar-refractivity contribution >= 4 is 6.16 Å². The van der Waals surface area contributed by atoms with E-state index in [9.17, 15) is 4.79 Å². The summed E-state index contributed by atoms with van der Waals surface area (Å²) in [5.41, 5.74) is 4.38. The number of hydrogen-bond acceptors (Lipinski definition) is 2. The second-order valence-electron chi connectivity index (χ2n) is 7.44. The van der Waals surface area contributed by atoms with Crippen LogP contribution in [-0.4, -0.2) is 17.9 Å². The van der Waals surface area contributed by atoms with Crippen LogP contribution in [0.15, 0.2) is 54.6 Å². The van der Waals surface area contributed by atoms with Crippen molar-refractivity contribution < 1.29 is 14.6 Å². The lowest BCUT2D eigenvalue weighted by Crippen LogP contribution is -2.05. The molecule has 0 amide bonds. The molecular formula is C25H34O3. The lowest BCUT2D eigenvalue weighted by Gasteiger charge is -2.21. The third kappa shape index (κ3) is 7.75. The summed E-state index contributed by atoms with van der Waals surface area (Å²) in [7, 11) is 0. The predicted molar refractivity (Wildman–Crippen MR) is 115 cm³/mol. The maximum atomic E-state index is 10.3. The van der Waals surface area contributed by atoms with Crippen LogP contribution in [0.3, 0.4) is 0 Å². The first-order chi connectivity index (χ1) is 13.7. The van der Waals surface area contributed by atoms with Crippen molar-refractivity contribution in [3.8, 4) is 0 Å². The third-order valence-corrected chi connectivity index (χ3v) is 5.29. The topological polar surface area (TPSA) is 46.5 Å². The van der Waals surface area contributed by atoms with E-state index < -0.39 is 6.16 Å². The maximum absolute atomic E-state index is 10.3. The zero-order chi connectivity index (χ0) is 20.0. The van der Waals surface area contributed by atoms with E-state index in [1.165, 1.54) is 42.4 Å². The minimum atomic E-state index is -1.17. The van der Waals surface area contributed by atoms with Crippen LogP contribution < -0.4 is 0 Å². The summed E-state index contributed by atoms with van der Waals surface area (Å²) in [6, 6.07) is 19.8. The molecule has 0 heterocycles. The zero-order valence-corrected chi connectivity index (χ0v) is 17.1. The van der Waals surface area contributed by atoms with E-state index in [1.54, 1.807) is 0 Å². The van der Waals surface area contributed by atoms with E-state index in [0.29, 0.717) is 12.5 Å². The molecule has 0 radical (unpaired) electrons. The average molecular weight is 383 g/mol. The van der Waals surface area contributed by atoms with Gasteiger partial charge in [0, 0.05) is 5.92 Å². The fraction of sp³-hybridized carbons (Fsp3) is 0.480. The van der Waals surface area contributed by atoms with Crippen LogP contribution in [0.2, 0.25) is 0 Å². The van der Waals surface area contributed by atoms with Gasteiger partial charge in [-0.05, 0) is 42.4 Å². The van der Waals surface area contributed by atoms with Gasteiger partial charge in [0.25, 0.3) is 0 Å². The van der Waals surface area contributed by atoms with Crippen molar-refractivity contribution in [3.05, 3.63) is 71.3 Å². The Morgan fingerprint density at radius 3 is 2.32 bits per heavy atom. The molecule has 0 aliphatic heterocycles. The van der Waals surface area contributed by atoms with Crippen molar-refractivity contribution in [2.75, 3.05) is 6.61 Å². The highest BCUT2D eigenvalue weighted by atomic mass is 16.7. The van der Waals surface area contributed by atoms with E-state index in [0.717, 1.165) is 32.1 Å². The van der Waals surface area contributed by atoms with Gasteiger partial charge >= 0.3 is 6.16 Å². The largest absolute Gasteiger partial charge is 0.505 e. The molecule has 0 fully saturated rings. The van der Waals surface area contributed by atoms with Crippen molar-refractivity contribution in [2.24, 2.45) is 0 Å². The molecule has 1 unspecified atom stereocenters. The number of unbranched alkanes of at least 4 members (excludes halogenated alkanes) is 5. The zero-order valence-electron chi connectivity index (χ0n) is 17.1. The fourth-order valence-electron chi connectivity index (χ4n) is 3.80. The molecule has 2 aromatic rings. The Balaban J connectivity index is 1.94. The molecule has 1 atom stereocenters. The lowest BCUT2D eigenvalue weighted by molar-refractivity contribution is 0.0899. The number of ether oxygens (including phenoxy) is 1. The maximum Gasteiger partial charge on any atom is 0.505 e. The summed E-state index contributed by atoms with van der Waals surface area (Å²) in [6.45, 7) is 2.56. The number of aryl methyl sites for hydroxylation is 1. The number of benzene rings is 2. The predicted octanol–water partition coefficient (Wildman–Crippen LogP) is 7.20. The Kier molecular flexibility index (Phi) is 10.2. The third-order valence-electron chi connectivity index (χ3n) is 5.29. The normalized spacial score (nSPS) is 11.9. The first-order valence-electron chi connectivity index (χ1n) is 10.7. The summed E-state index contributed by atoms with van der Waals surface area (Å²) >= 11 is 0. The van der Waals surface area contributed by atoms with Crippen molar-refractivity contribution in [1.82, 2.24) is 0 Å². The van der Waals surface area contributed by atoms with E-state index in [4.69, 9.17) is 5.11 Å². The highest BCUT2D eigenvalue weighted by Gasteiger charge is 2.16. The van der Waals surface area contributed by atoms with Crippen LogP contribution >= 0.6 is 0 Å². The summed E-state index contributed by atoms with van der Waals surface area (Å²) in [6.07, 6.45) is 8.90. The van der Waals surface area contributed by atoms with Crippen LogP contribution in [0, 0.1) is 0 Å². The van der Waals surface area contributed by atoms with Crippen molar-refractivity contribution in [1.29, 1.82) is 0 Å². The second kappa shape index (κ2) is 13.0. The summed E-state index contributed by atoms with van der Waals surface area (Å²) in [5.74, 6) is 0.449. The summed E-state index contributed by atoms with van der Waals surface area (Å²) in [4.78, 5) is 10.3. The second-order valence-corrected chi connectivity index (χ2v) is 7.44. The molecule has 0 spiro atoms. The van der Waals surface area contributed by atoms with Crippen molar-refractivity contribution in [2.45, 2.75) is 70.6 Å². The molecule has 0 aliphatic carbocycles. The molecule has 0 saturated heterocycles.